The normalized spacial score (nSPS) is 12.8. The zero-order valence-electron chi connectivity index (χ0n) is 18.8. The van der Waals surface area contributed by atoms with Gasteiger partial charge in [0.15, 0.2) is 11.5 Å². The zero-order chi connectivity index (χ0) is 23.6. The second-order valence-electron chi connectivity index (χ2n) is 8.02. The molecule has 1 aliphatic heterocycles. The molecule has 0 bridgehead atoms. The summed E-state index contributed by atoms with van der Waals surface area (Å²) in [6.07, 6.45) is 0. The minimum Gasteiger partial charge on any atom is -0.486 e. The Hall–Kier alpha value is -3.52. The molecule has 1 heterocycles. The lowest BCUT2D eigenvalue weighted by Gasteiger charge is -2.26. The first-order valence-corrected chi connectivity index (χ1v) is 12.0. The quantitative estimate of drug-likeness (QED) is 0.588. The van der Waals surface area contributed by atoms with E-state index in [0.29, 0.717) is 36.1 Å². The zero-order valence-corrected chi connectivity index (χ0v) is 19.6. The van der Waals surface area contributed by atoms with Crippen molar-refractivity contribution < 1.29 is 22.7 Å². The van der Waals surface area contributed by atoms with Gasteiger partial charge in [0.1, 0.15) is 19.8 Å². The Bertz CT molecular complexity index is 1290. The highest BCUT2D eigenvalue weighted by molar-refractivity contribution is 7.92. The van der Waals surface area contributed by atoms with Crippen molar-refractivity contribution >= 4 is 27.3 Å². The Labute approximate surface area is 194 Å². The molecular weight excluding hydrogens is 440 g/mol. The first-order chi connectivity index (χ1) is 15.7. The molecule has 0 aromatic heterocycles. The van der Waals surface area contributed by atoms with E-state index in [-0.39, 0.29) is 11.4 Å². The van der Waals surface area contributed by atoms with Gasteiger partial charge in [-0.2, -0.15) is 0 Å². The summed E-state index contributed by atoms with van der Waals surface area (Å²) in [5.74, 6) is 0.680. The summed E-state index contributed by atoms with van der Waals surface area (Å²) < 4.78 is 39.4. The van der Waals surface area contributed by atoms with E-state index in [1.807, 2.05) is 32.9 Å². The number of amides is 1. The van der Waals surface area contributed by atoms with Gasteiger partial charge in [0, 0.05) is 11.8 Å². The lowest BCUT2D eigenvalue weighted by atomic mass is 10.1. The minimum atomic E-state index is -3.98. The van der Waals surface area contributed by atoms with Gasteiger partial charge in [-0.25, -0.2) is 8.42 Å². The average molecular weight is 467 g/mol. The molecule has 1 N–H and O–H groups in total. The van der Waals surface area contributed by atoms with Crippen molar-refractivity contribution in [3.8, 4) is 11.5 Å². The summed E-state index contributed by atoms with van der Waals surface area (Å²) in [5, 5.41) is 2.78. The summed E-state index contributed by atoms with van der Waals surface area (Å²) in [7, 11) is -3.98. The average Bonchev–Trinajstić information content (AvgIpc) is 2.79. The molecule has 7 nitrogen and oxygen atoms in total. The Balaban J connectivity index is 1.65. The lowest BCUT2D eigenvalue weighted by Crippen LogP contribution is -2.38. The number of nitrogens with one attached hydrogen (secondary N) is 1. The van der Waals surface area contributed by atoms with Crippen LogP contribution >= 0.6 is 0 Å². The largest absolute Gasteiger partial charge is 0.486 e. The first kappa shape index (κ1) is 22.7. The molecule has 0 spiro atoms. The highest BCUT2D eigenvalue weighted by Crippen LogP contribution is 2.33. The Kier molecular flexibility index (Phi) is 6.29. The Morgan fingerprint density at radius 2 is 1.55 bits per heavy atom. The molecular formula is C25H26N2O5S. The fraction of sp³-hybridized carbons (Fsp3) is 0.240. The van der Waals surface area contributed by atoms with E-state index in [4.69, 9.17) is 9.47 Å². The fourth-order valence-corrected chi connectivity index (χ4v) is 5.05. The molecule has 0 radical (unpaired) electrons. The van der Waals surface area contributed by atoms with E-state index in [1.54, 1.807) is 48.5 Å². The van der Waals surface area contributed by atoms with Crippen LogP contribution < -0.4 is 19.1 Å². The second-order valence-corrected chi connectivity index (χ2v) is 9.88. The van der Waals surface area contributed by atoms with E-state index < -0.39 is 15.9 Å². The summed E-state index contributed by atoms with van der Waals surface area (Å²) in [5.41, 5.74) is 3.56. The summed E-state index contributed by atoms with van der Waals surface area (Å²) >= 11 is 0. The van der Waals surface area contributed by atoms with Crippen molar-refractivity contribution in [3.05, 3.63) is 77.4 Å². The number of carbonyl (C=O) groups is 1. The number of nitrogens with zero attached hydrogens (tertiary/aromatic N) is 1. The number of carbonyl (C=O) groups excluding carboxylic acids is 1. The van der Waals surface area contributed by atoms with Crippen LogP contribution in [-0.2, 0) is 14.8 Å². The van der Waals surface area contributed by atoms with Gasteiger partial charge in [0.25, 0.3) is 10.0 Å². The SMILES string of the molecule is Cc1ccc(S(=O)(=O)N(CC(=O)Nc2ccc3c(c2)OCCO3)c2cc(C)ccc2C)cc1. The molecule has 172 valence electrons. The summed E-state index contributed by atoms with van der Waals surface area (Å²) in [4.78, 5) is 13.1. The van der Waals surface area contributed by atoms with E-state index in [0.717, 1.165) is 21.0 Å². The van der Waals surface area contributed by atoms with Gasteiger partial charge in [-0.05, 0) is 62.2 Å². The molecule has 8 heteroatoms. The highest BCUT2D eigenvalue weighted by Gasteiger charge is 2.28. The third kappa shape index (κ3) is 4.96. The van der Waals surface area contributed by atoms with Crippen molar-refractivity contribution in [2.24, 2.45) is 0 Å². The summed E-state index contributed by atoms with van der Waals surface area (Å²) in [6, 6.07) is 17.2. The standard InChI is InChI=1S/C25H26N2O5S/c1-17-5-9-21(10-6-17)33(29,30)27(22-14-18(2)4-7-19(22)3)16-25(28)26-20-8-11-23-24(15-20)32-13-12-31-23/h4-11,14-15H,12-13,16H2,1-3H3,(H,26,28). The Morgan fingerprint density at radius 1 is 0.879 bits per heavy atom. The Morgan fingerprint density at radius 3 is 2.27 bits per heavy atom. The van der Waals surface area contributed by atoms with Crippen LogP contribution in [0.25, 0.3) is 0 Å². The van der Waals surface area contributed by atoms with Gasteiger partial charge < -0.3 is 14.8 Å². The van der Waals surface area contributed by atoms with Crippen LogP contribution in [0.5, 0.6) is 11.5 Å². The molecule has 3 aromatic rings. The van der Waals surface area contributed by atoms with Crippen LogP contribution in [0.1, 0.15) is 16.7 Å². The molecule has 0 aliphatic carbocycles. The maximum absolute atomic E-state index is 13.6. The first-order valence-electron chi connectivity index (χ1n) is 10.6. The minimum absolute atomic E-state index is 0.126. The number of ether oxygens (including phenoxy) is 2. The second kappa shape index (κ2) is 9.15. The predicted octanol–water partition coefficient (Wildman–Crippen LogP) is 4.22. The number of sulfonamides is 1. The van der Waals surface area contributed by atoms with Gasteiger partial charge >= 0.3 is 0 Å². The van der Waals surface area contributed by atoms with E-state index in [2.05, 4.69) is 5.32 Å². The molecule has 1 aliphatic rings. The number of fused-ring (bicyclic) bond motifs is 1. The van der Waals surface area contributed by atoms with Crippen LogP contribution in [0, 0.1) is 20.8 Å². The van der Waals surface area contributed by atoms with Gasteiger partial charge in [0.05, 0.1) is 10.6 Å². The van der Waals surface area contributed by atoms with Crippen LogP contribution in [0.3, 0.4) is 0 Å². The maximum atomic E-state index is 13.6. The van der Waals surface area contributed by atoms with Crippen molar-refractivity contribution in [2.75, 3.05) is 29.4 Å². The number of rotatable bonds is 6. The third-order valence-corrected chi connectivity index (χ3v) is 7.13. The maximum Gasteiger partial charge on any atom is 0.264 e. The third-order valence-electron chi connectivity index (χ3n) is 5.36. The van der Waals surface area contributed by atoms with Gasteiger partial charge in [0.2, 0.25) is 5.91 Å². The smallest absolute Gasteiger partial charge is 0.264 e. The molecule has 0 saturated carbocycles. The van der Waals surface area contributed by atoms with Crippen LogP contribution in [0.2, 0.25) is 0 Å². The van der Waals surface area contributed by atoms with E-state index in [1.165, 1.54) is 0 Å². The fourth-order valence-electron chi connectivity index (χ4n) is 3.58. The molecule has 0 unspecified atom stereocenters. The number of anilines is 2. The number of benzene rings is 3. The van der Waals surface area contributed by atoms with Crippen molar-refractivity contribution in [2.45, 2.75) is 25.7 Å². The molecule has 4 rings (SSSR count). The molecule has 33 heavy (non-hydrogen) atoms. The highest BCUT2D eigenvalue weighted by atomic mass is 32.2. The topological polar surface area (TPSA) is 84.9 Å². The monoisotopic (exact) mass is 466 g/mol. The van der Waals surface area contributed by atoms with E-state index in [9.17, 15) is 13.2 Å². The van der Waals surface area contributed by atoms with Gasteiger partial charge in [-0.15, -0.1) is 0 Å². The van der Waals surface area contributed by atoms with E-state index >= 15 is 0 Å². The van der Waals surface area contributed by atoms with Crippen LogP contribution in [-0.4, -0.2) is 34.1 Å². The summed E-state index contributed by atoms with van der Waals surface area (Å²) in [6.45, 7) is 6.12. The predicted molar refractivity (Wildman–Crippen MR) is 128 cm³/mol. The van der Waals surface area contributed by atoms with Crippen LogP contribution in [0.15, 0.2) is 65.6 Å². The number of hydrogen-bond acceptors (Lipinski definition) is 5. The van der Waals surface area contributed by atoms with Gasteiger partial charge in [-0.3, -0.25) is 9.10 Å². The van der Waals surface area contributed by atoms with Crippen LogP contribution in [0.4, 0.5) is 11.4 Å². The molecule has 0 fully saturated rings. The van der Waals surface area contributed by atoms with Crippen molar-refractivity contribution in [1.82, 2.24) is 0 Å². The number of aryl methyl sites for hydroxylation is 3. The molecule has 0 atom stereocenters. The molecule has 0 saturated heterocycles. The molecule has 3 aromatic carbocycles. The number of hydrogen-bond donors (Lipinski definition) is 1. The molecule has 1 amide bonds. The van der Waals surface area contributed by atoms with Crippen molar-refractivity contribution in [3.63, 3.8) is 0 Å². The van der Waals surface area contributed by atoms with Crippen molar-refractivity contribution in [1.29, 1.82) is 0 Å². The lowest BCUT2D eigenvalue weighted by molar-refractivity contribution is -0.114. The van der Waals surface area contributed by atoms with Gasteiger partial charge in [-0.1, -0.05) is 29.8 Å².